The summed E-state index contributed by atoms with van der Waals surface area (Å²) >= 11 is 1.10. The molecule has 30 heavy (non-hydrogen) atoms. The number of rotatable bonds is 7. The van der Waals surface area contributed by atoms with Crippen LogP contribution in [0.5, 0.6) is 0 Å². The van der Waals surface area contributed by atoms with E-state index in [2.05, 4.69) is 10.0 Å². The fraction of sp³-hybridized carbons (Fsp3) is 0.143. The van der Waals surface area contributed by atoms with Crippen LogP contribution in [0.1, 0.15) is 32.5 Å². The zero-order valence-corrected chi connectivity index (χ0v) is 18.0. The molecule has 0 unspecified atom stereocenters. The van der Waals surface area contributed by atoms with E-state index in [1.165, 1.54) is 24.3 Å². The molecule has 3 aromatic rings. The van der Waals surface area contributed by atoms with E-state index in [1.807, 2.05) is 19.1 Å². The average molecular weight is 445 g/mol. The summed E-state index contributed by atoms with van der Waals surface area (Å²) in [5.74, 6) is -0.860. The lowest BCUT2D eigenvalue weighted by molar-refractivity contribution is 0.0532. The van der Waals surface area contributed by atoms with Gasteiger partial charge in [-0.2, -0.15) is 0 Å². The molecule has 0 aliphatic carbocycles. The van der Waals surface area contributed by atoms with Gasteiger partial charge in [0.05, 0.1) is 16.5 Å². The van der Waals surface area contributed by atoms with Crippen molar-refractivity contribution in [2.24, 2.45) is 0 Å². The van der Waals surface area contributed by atoms with Crippen molar-refractivity contribution in [3.05, 3.63) is 76.7 Å². The van der Waals surface area contributed by atoms with Crippen LogP contribution < -0.4 is 10.0 Å². The Labute approximate surface area is 178 Å². The van der Waals surface area contributed by atoms with Gasteiger partial charge in [-0.05, 0) is 62.4 Å². The van der Waals surface area contributed by atoms with E-state index < -0.39 is 21.9 Å². The van der Waals surface area contributed by atoms with Crippen LogP contribution in [-0.4, -0.2) is 26.9 Å². The number of benzene rings is 2. The number of thiophene rings is 1. The number of nitrogens with one attached hydrogen (secondary N) is 2. The summed E-state index contributed by atoms with van der Waals surface area (Å²) in [4.78, 5) is 24.5. The van der Waals surface area contributed by atoms with Gasteiger partial charge in [0.2, 0.25) is 0 Å². The van der Waals surface area contributed by atoms with Crippen molar-refractivity contribution < 1.29 is 22.7 Å². The Bertz CT molecular complexity index is 1150. The largest absolute Gasteiger partial charge is 0.462 e. The minimum Gasteiger partial charge on any atom is -0.462 e. The zero-order valence-electron chi connectivity index (χ0n) is 16.3. The second kappa shape index (κ2) is 9.10. The van der Waals surface area contributed by atoms with Gasteiger partial charge in [0, 0.05) is 11.3 Å². The number of aryl methyl sites for hydroxylation is 1. The molecule has 0 aliphatic heterocycles. The standard InChI is InChI=1S/C21H20N2O5S2/c1-3-28-21(25)18-12-13-19(29-18)22-20(24)15-6-10-17(11-7-15)30(26,27)23-16-8-4-14(2)5-9-16/h4-13,23H,3H2,1-2H3,(H,22,24). The molecule has 2 aromatic carbocycles. The first-order valence-electron chi connectivity index (χ1n) is 9.06. The highest BCUT2D eigenvalue weighted by atomic mass is 32.2. The van der Waals surface area contributed by atoms with Crippen molar-refractivity contribution in [3.8, 4) is 0 Å². The molecule has 1 amide bonds. The highest BCUT2D eigenvalue weighted by Crippen LogP contribution is 2.24. The molecule has 0 saturated carbocycles. The molecule has 9 heteroatoms. The predicted molar refractivity (Wildman–Crippen MR) is 117 cm³/mol. The first-order valence-corrected chi connectivity index (χ1v) is 11.4. The van der Waals surface area contributed by atoms with Crippen LogP contribution in [0.15, 0.2) is 65.6 Å². The normalized spacial score (nSPS) is 11.0. The number of amides is 1. The third-order valence-corrected chi connectivity index (χ3v) is 6.43. The van der Waals surface area contributed by atoms with Gasteiger partial charge in [-0.15, -0.1) is 11.3 Å². The van der Waals surface area contributed by atoms with Crippen LogP contribution >= 0.6 is 11.3 Å². The quantitative estimate of drug-likeness (QED) is 0.530. The molecule has 1 heterocycles. The number of carbonyl (C=O) groups excluding carboxylic acids is 2. The number of carbonyl (C=O) groups is 2. The maximum absolute atomic E-state index is 12.5. The Morgan fingerprint density at radius 1 is 0.967 bits per heavy atom. The van der Waals surface area contributed by atoms with E-state index >= 15 is 0 Å². The summed E-state index contributed by atoms with van der Waals surface area (Å²) < 4.78 is 32.5. The molecule has 0 fully saturated rings. The maximum Gasteiger partial charge on any atom is 0.348 e. The van der Waals surface area contributed by atoms with Gasteiger partial charge in [0.15, 0.2) is 0 Å². The van der Waals surface area contributed by atoms with Crippen molar-refractivity contribution in [1.29, 1.82) is 0 Å². The summed E-state index contributed by atoms with van der Waals surface area (Å²) in [6, 6.07) is 15.8. The van der Waals surface area contributed by atoms with Crippen LogP contribution in [0, 0.1) is 6.92 Å². The lowest BCUT2D eigenvalue weighted by Gasteiger charge is -2.09. The van der Waals surface area contributed by atoms with Gasteiger partial charge in [-0.3, -0.25) is 9.52 Å². The average Bonchev–Trinajstić information content (AvgIpc) is 3.18. The number of anilines is 2. The Morgan fingerprint density at radius 2 is 1.63 bits per heavy atom. The summed E-state index contributed by atoms with van der Waals surface area (Å²) in [5.41, 5.74) is 1.77. The Hall–Kier alpha value is -3.17. The van der Waals surface area contributed by atoms with Gasteiger partial charge in [-0.25, -0.2) is 13.2 Å². The first-order chi connectivity index (χ1) is 14.3. The fourth-order valence-corrected chi connectivity index (χ4v) is 4.38. The molecule has 1 aromatic heterocycles. The monoisotopic (exact) mass is 444 g/mol. The molecule has 0 bridgehead atoms. The molecular weight excluding hydrogens is 424 g/mol. The lowest BCUT2D eigenvalue weighted by Crippen LogP contribution is -2.14. The number of ether oxygens (including phenoxy) is 1. The molecule has 7 nitrogen and oxygen atoms in total. The highest BCUT2D eigenvalue weighted by molar-refractivity contribution is 7.92. The summed E-state index contributed by atoms with van der Waals surface area (Å²) in [6.45, 7) is 3.90. The third kappa shape index (κ3) is 5.25. The molecule has 0 atom stereocenters. The number of hydrogen-bond donors (Lipinski definition) is 2. The van der Waals surface area contributed by atoms with Gasteiger partial charge in [0.25, 0.3) is 15.9 Å². The first kappa shape index (κ1) is 21.5. The second-order valence-electron chi connectivity index (χ2n) is 6.33. The summed E-state index contributed by atoms with van der Waals surface area (Å²) in [6.07, 6.45) is 0. The van der Waals surface area contributed by atoms with Gasteiger partial charge in [-0.1, -0.05) is 17.7 Å². The molecule has 0 saturated heterocycles. The van der Waals surface area contributed by atoms with Crippen molar-refractivity contribution in [2.45, 2.75) is 18.7 Å². The Kier molecular flexibility index (Phi) is 6.53. The van der Waals surface area contributed by atoms with E-state index in [4.69, 9.17) is 4.74 Å². The van der Waals surface area contributed by atoms with Crippen LogP contribution in [0.25, 0.3) is 0 Å². The number of hydrogen-bond acceptors (Lipinski definition) is 6. The topological polar surface area (TPSA) is 102 Å². The number of esters is 1. The summed E-state index contributed by atoms with van der Waals surface area (Å²) in [7, 11) is -3.77. The molecular formula is C21H20N2O5S2. The molecule has 2 N–H and O–H groups in total. The smallest absolute Gasteiger partial charge is 0.348 e. The molecule has 0 radical (unpaired) electrons. The highest BCUT2D eigenvalue weighted by Gasteiger charge is 2.16. The van der Waals surface area contributed by atoms with E-state index in [0.717, 1.165) is 16.9 Å². The fourth-order valence-electron chi connectivity index (χ4n) is 2.52. The third-order valence-electron chi connectivity index (χ3n) is 4.05. The minimum absolute atomic E-state index is 0.0420. The van der Waals surface area contributed by atoms with Gasteiger partial charge < -0.3 is 10.1 Å². The van der Waals surface area contributed by atoms with Crippen molar-refractivity contribution in [2.75, 3.05) is 16.6 Å². The van der Waals surface area contributed by atoms with E-state index in [9.17, 15) is 18.0 Å². The van der Waals surface area contributed by atoms with E-state index in [0.29, 0.717) is 15.6 Å². The van der Waals surface area contributed by atoms with E-state index in [-0.39, 0.29) is 17.1 Å². The van der Waals surface area contributed by atoms with Crippen molar-refractivity contribution in [3.63, 3.8) is 0 Å². The van der Waals surface area contributed by atoms with Crippen LogP contribution in [0.4, 0.5) is 10.7 Å². The van der Waals surface area contributed by atoms with Gasteiger partial charge in [0.1, 0.15) is 4.88 Å². The van der Waals surface area contributed by atoms with Crippen LogP contribution in [0.3, 0.4) is 0 Å². The number of sulfonamides is 1. The molecule has 156 valence electrons. The van der Waals surface area contributed by atoms with Crippen LogP contribution in [0.2, 0.25) is 0 Å². The predicted octanol–water partition coefficient (Wildman–Crippen LogP) is 4.29. The minimum atomic E-state index is -3.77. The SMILES string of the molecule is CCOC(=O)c1ccc(NC(=O)c2ccc(S(=O)(=O)Nc3ccc(C)cc3)cc2)s1. The lowest BCUT2D eigenvalue weighted by atomic mass is 10.2. The van der Waals surface area contributed by atoms with Crippen molar-refractivity contribution >= 4 is 43.9 Å². The van der Waals surface area contributed by atoms with Crippen molar-refractivity contribution in [1.82, 2.24) is 0 Å². The Morgan fingerprint density at radius 3 is 2.27 bits per heavy atom. The molecule has 0 aliphatic rings. The Balaban J connectivity index is 1.68. The maximum atomic E-state index is 12.5. The van der Waals surface area contributed by atoms with Gasteiger partial charge >= 0.3 is 5.97 Å². The molecule has 0 spiro atoms. The van der Waals surface area contributed by atoms with Crippen LogP contribution in [-0.2, 0) is 14.8 Å². The second-order valence-corrected chi connectivity index (χ2v) is 9.10. The summed E-state index contributed by atoms with van der Waals surface area (Å²) in [5, 5.41) is 3.17. The zero-order chi connectivity index (χ0) is 21.7. The molecule has 3 rings (SSSR count). The van der Waals surface area contributed by atoms with E-state index in [1.54, 1.807) is 31.2 Å².